The van der Waals surface area contributed by atoms with Crippen LogP contribution in [0.1, 0.15) is 30.1 Å². The van der Waals surface area contributed by atoms with E-state index in [9.17, 15) is 20.0 Å². The molecule has 0 spiro atoms. The molecule has 0 aromatic heterocycles. The van der Waals surface area contributed by atoms with Gasteiger partial charge in [0, 0.05) is 45.0 Å². The Balaban J connectivity index is 2.24. The van der Waals surface area contributed by atoms with Gasteiger partial charge in [-0.3, -0.25) is 14.9 Å². The first-order chi connectivity index (χ1) is 10.8. The van der Waals surface area contributed by atoms with Crippen LogP contribution in [0.4, 0.5) is 11.4 Å². The van der Waals surface area contributed by atoms with Crippen molar-refractivity contribution in [2.24, 2.45) is 5.92 Å². The molecule has 126 valence electrons. The van der Waals surface area contributed by atoms with Crippen molar-refractivity contribution in [1.82, 2.24) is 4.90 Å². The van der Waals surface area contributed by atoms with E-state index < -0.39 is 4.92 Å². The standard InChI is InChI=1S/C16H23N3O4/c1-11(20)12-6-8-18(9-7-12)16(21)14-10-13(19(22)23)4-5-15(14)17(2)3/h4-5,10-12,20H,6-9H2,1-3H3. The Morgan fingerprint density at radius 1 is 1.39 bits per heavy atom. The second-order valence-corrected chi connectivity index (χ2v) is 6.22. The number of aliphatic hydroxyl groups excluding tert-OH is 1. The van der Waals surface area contributed by atoms with Gasteiger partial charge >= 0.3 is 0 Å². The van der Waals surface area contributed by atoms with Crippen molar-refractivity contribution in [2.75, 3.05) is 32.1 Å². The molecule has 0 bridgehead atoms. The first kappa shape index (κ1) is 17.2. The molecule has 0 saturated carbocycles. The number of piperidine rings is 1. The summed E-state index contributed by atoms with van der Waals surface area (Å²) in [5, 5.41) is 20.6. The van der Waals surface area contributed by atoms with E-state index in [1.165, 1.54) is 12.1 Å². The lowest BCUT2D eigenvalue weighted by molar-refractivity contribution is -0.384. The zero-order chi connectivity index (χ0) is 17.1. The zero-order valence-electron chi connectivity index (χ0n) is 13.7. The molecule has 1 atom stereocenters. The van der Waals surface area contributed by atoms with Gasteiger partial charge in [0.25, 0.3) is 11.6 Å². The number of anilines is 1. The summed E-state index contributed by atoms with van der Waals surface area (Å²) in [5.41, 5.74) is 0.927. The number of nitro benzene ring substituents is 1. The lowest BCUT2D eigenvalue weighted by atomic mass is 9.92. The summed E-state index contributed by atoms with van der Waals surface area (Å²) in [6, 6.07) is 4.36. The molecule has 1 heterocycles. The fourth-order valence-corrected chi connectivity index (χ4v) is 2.95. The van der Waals surface area contributed by atoms with Crippen molar-refractivity contribution >= 4 is 17.3 Å². The maximum Gasteiger partial charge on any atom is 0.270 e. The van der Waals surface area contributed by atoms with E-state index >= 15 is 0 Å². The van der Waals surface area contributed by atoms with E-state index in [0.29, 0.717) is 24.3 Å². The number of rotatable bonds is 4. The third kappa shape index (κ3) is 3.79. The van der Waals surface area contributed by atoms with Crippen LogP contribution in [0.15, 0.2) is 18.2 Å². The fourth-order valence-electron chi connectivity index (χ4n) is 2.95. The molecule has 0 radical (unpaired) electrons. The highest BCUT2D eigenvalue weighted by Gasteiger charge is 2.28. The van der Waals surface area contributed by atoms with E-state index in [0.717, 1.165) is 12.8 Å². The Labute approximate surface area is 135 Å². The molecule has 0 aliphatic carbocycles. The highest BCUT2D eigenvalue weighted by Crippen LogP contribution is 2.28. The molecule has 1 fully saturated rings. The summed E-state index contributed by atoms with van der Waals surface area (Å²) in [6.07, 6.45) is 1.12. The molecule has 1 aromatic carbocycles. The predicted octanol–water partition coefficient (Wildman–Crippen LogP) is 1.89. The third-order valence-corrected chi connectivity index (χ3v) is 4.41. The molecule has 1 amide bonds. The minimum absolute atomic E-state index is 0.0854. The summed E-state index contributed by atoms with van der Waals surface area (Å²) < 4.78 is 0. The molecule has 1 saturated heterocycles. The topological polar surface area (TPSA) is 86.9 Å². The predicted molar refractivity (Wildman–Crippen MR) is 87.7 cm³/mol. The number of aliphatic hydroxyl groups is 1. The Morgan fingerprint density at radius 2 is 2.00 bits per heavy atom. The number of benzene rings is 1. The number of likely N-dealkylation sites (tertiary alicyclic amines) is 1. The van der Waals surface area contributed by atoms with Gasteiger partial charge in [0.2, 0.25) is 0 Å². The highest BCUT2D eigenvalue weighted by molar-refractivity contribution is 6.00. The van der Waals surface area contributed by atoms with Gasteiger partial charge in [-0.25, -0.2) is 0 Å². The van der Waals surface area contributed by atoms with Crippen LogP contribution >= 0.6 is 0 Å². The van der Waals surface area contributed by atoms with Crippen LogP contribution in [0.25, 0.3) is 0 Å². The largest absolute Gasteiger partial charge is 0.393 e. The van der Waals surface area contributed by atoms with Crippen LogP contribution in [0, 0.1) is 16.0 Å². The number of carbonyl (C=O) groups excluding carboxylic acids is 1. The lowest BCUT2D eigenvalue weighted by Gasteiger charge is -2.34. The van der Waals surface area contributed by atoms with Gasteiger partial charge in [0.15, 0.2) is 0 Å². The Hall–Kier alpha value is -2.15. The highest BCUT2D eigenvalue weighted by atomic mass is 16.6. The van der Waals surface area contributed by atoms with Crippen LogP contribution < -0.4 is 4.90 Å². The maximum atomic E-state index is 12.8. The van der Waals surface area contributed by atoms with Crippen molar-refractivity contribution in [1.29, 1.82) is 0 Å². The molecule has 1 unspecified atom stereocenters. The normalized spacial score (nSPS) is 17.0. The first-order valence-electron chi connectivity index (χ1n) is 7.74. The van der Waals surface area contributed by atoms with E-state index in [1.807, 2.05) is 0 Å². The average Bonchev–Trinajstić information content (AvgIpc) is 2.53. The van der Waals surface area contributed by atoms with Crippen molar-refractivity contribution in [2.45, 2.75) is 25.9 Å². The number of hydrogen-bond acceptors (Lipinski definition) is 5. The van der Waals surface area contributed by atoms with E-state index in [-0.39, 0.29) is 23.6 Å². The minimum Gasteiger partial charge on any atom is -0.393 e. The molecule has 7 nitrogen and oxygen atoms in total. The fraction of sp³-hybridized carbons (Fsp3) is 0.562. The summed E-state index contributed by atoms with van der Waals surface area (Å²) >= 11 is 0. The van der Waals surface area contributed by atoms with Crippen LogP contribution in [0.2, 0.25) is 0 Å². The van der Waals surface area contributed by atoms with E-state index in [1.54, 1.807) is 36.9 Å². The summed E-state index contributed by atoms with van der Waals surface area (Å²) in [5.74, 6) is 0.0129. The molecule has 1 aromatic rings. The van der Waals surface area contributed by atoms with E-state index in [4.69, 9.17) is 0 Å². The van der Waals surface area contributed by atoms with Crippen molar-refractivity contribution in [3.05, 3.63) is 33.9 Å². The van der Waals surface area contributed by atoms with Gasteiger partial charge in [-0.05, 0) is 31.7 Å². The minimum atomic E-state index is -0.490. The van der Waals surface area contributed by atoms with Gasteiger partial charge in [0.1, 0.15) is 0 Å². The first-order valence-corrected chi connectivity index (χ1v) is 7.74. The Bertz CT molecular complexity index is 593. The third-order valence-electron chi connectivity index (χ3n) is 4.41. The number of hydrogen-bond donors (Lipinski definition) is 1. The van der Waals surface area contributed by atoms with Crippen molar-refractivity contribution in [3.8, 4) is 0 Å². The average molecular weight is 321 g/mol. The van der Waals surface area contributed by atoms with Crippen LogP contribution in [0.3, 0.4) is 0 Å². The zero-order valence-corrected chi connectivity index (χ0v) is 13.7. The number of non-ortho nitro benzene ring substituents is 1. The Kier molecular flexibility index (Phi) is 5.20. The number of amides is 1. The van der Waals surface area contributed by atoms with Crippen LogP contribution in [-0.2, 0) is 0 Å². The van der Waals surface area contributed by atoms with E-state index in [2.05, 4.69) is 0 Å². The summed E-state index contributed by atoms with van der Waals surface area (Å²) in [6.45, 7) is 2.89. The SMILES string of the molecule is CC(O)C1CCN(C(=O)c2cc([N+](=O)[O-])ccc2N(C)C)CC1. The maximum absolute atomic E-state index is 12.8. The molecule has 1 aliphatic rings. The lowest BCUT2D eigenvalue weighted by Crippen LogP contribution is -2.41. The van der Waals surface area contributed by atoms with Gasteiger partial charge in [-0.15, -0.1) is 0 Å². The monoisotopic (exact) mass is 321 g/mol. The Morgan fingerprint density at radius 3 is 2.48 bits per heavy atom. The molecule has 1 N–H and O–H groups in total. The second kappa shape index (κ2) is 6.95. The van der Waals surface area contributed by atoms with Crippen LogP contribution in [0.5, 0.6) is 0 Å². The summed E-state index contributed by atoms with van der Waals surface area (Å²) in [4.78, 5) is 26.8. The smallest absolute Gasteiger partial charge is 0.270 e. The van der Waals surface area contributed by atoms with Crippen LogP contribution in [-0.4, -0.2) is 54.1 Å². The second-order valence-electron chi connectivity index (χ2n) is 6.22. The van der Waals surface area contributed by atoms with Gasteiger partial charge in [-0.2, -0.15) is 0 Å². The molecule has 7 heteroatoms. The quantitative estimate of drug-likeness (QED) is 0.676. The van der Waals surface area contributed by atoms with Gasteiger partial charge in [0.05, 0.1) is 16.6 Å². The van der Waals surface area contributed by atoms with Crippen molar-refractivity contribution in [3.63, 3.8) is 0 Å². The van der Waals surface area contributed by atoms with Gasteiger partial charge in [-0.1, -0.05) is 0 Å². The van der Waals surface area contributed by atoms with Gasteiger partial charge < -0.3 is 14.9 Å². The molecule has 23 heavy (non-hydrogen) atoms. The number of nitro groups is 1. The number of carbonyl (C=O) groups is 1. The molecular formula is C16H23N3O4. The number of nitrogens with zero attached hydrogens (tertiary/aromatic N) is 3. The molecular weight excluding hydrogens is 298 g/mol. The summed E-state index contributed by atoms with van der Waals surface area (Å²) in [7, 11) is 3.61. The van der Waals surface area contributed by atoms with Crippen molar-refractivity contribution < 1.29 is 14.8 Å². The molecule has 1 aliphatic heterocycles. The molecule has 2 rings (SSSR count).